The van der Waals surface area contributed by atoms with Crippen molar-refractivity contribution < 1.29 is 14.7 Å². The maximum Gasteiger partial charge on any atom is 0.334 e. The van der Waals surface area contributed by atoms with Crippen molar-refractivity contribution in [1.82, 2.24) is 4.90 Å². The Morgan fingerprint density at radius 1 is 1.37 bits per heavy atom. The zero-order chi connectivity index (χ0) is 14.8. The van der Waals surface area contributed by atoms with Crippen molar-refractivity contribution in [2.45, 2.75) is 39.3 Å². The summed E-state index contributed by atoms with van der Waals surface area (Å²) in [5, 5.41) is 10.0. The topological polar surface area (TPSA) is 57.6 Å². The summed E-state index contributed by atoms with van der Waals surface area (Å²) < 4.78 is 0. The van der Waals surface area contributed by atoms with Crippen LogP contribution in [0, 0.1) is 0 Å². The molecule has 1 aromatic rings. The van der Waals surface area contributed by atoms with E-state index < -0.39 is 11.5 Å². The Kier molecular flexibility index (Phi) is 4.58. The SMILES string of the molecule is CC(=O)N(C(C)C)C(C)(C(=O)O)c1cccc(Cl)c1. The van der Waals surface area contributed by atoms with Gasteiger partial charge < -0.3 is 10.0 Å². The van der Waals surface area contributed by atoms with Crippen molar-refractivity contribution in [1.29, 1.82) is 0 Å². The predicted molar refractivity (Wildman–Crippen MR) is 74.1 cm³/mol. The smallest absolute Gasteiger partial charge is 0.334 e. The first-order valence-electron chi connectivity index (χ1n) is 6.00. The molecule has 0 aliphatic heterocycles. The number of amides is 1. The molecule has 1 aromatic carbocycles. The first kappa shape index (κ1) is 15.5. The Morgan fingerprint density at radius 3 is 2.32 bits per heavy atom. The molecule has 0 heterocycles. The van der Waals surface area contributed by atoms with Crippen LogP contribution in [0.1, 0.15) is 33.3 Å². The van der Waals surface area contributed by atoms with E-state index >= 15 is 0 Å². The minimum atomic E-state index is -1.44. The highest BCUT2D eigenvalue weighted by Crippen LogP contribution is 2.32. The van der Waals surface area contributed by atoms with Gasteiger partial charge in [-0.25, -0.2) is 4.79 Å². The van der Waals surface area contributed by atoms with Gasteiger partial charge in [-0.1, -0.05) is 23.7 Å². The molecule has 1 atom stereocenters. The Labute approximate surface area is 118 Å². The largest absolute Gasteiger partial charge is 0.479 e. The average molecular weight is 284 g/mol. The van der Waals surface area contributed by atoms with Crippen LogP contribution >= 0.6 is 11.6 Å². The molecule has 1 N–H and O–H groups in total. The molecule has 1 rings (SSSR count). The molecule has 0 aromatic heterocycles. The Hall–Kier alpha value is -1.55. The molecule has 1 amide bonds. The van der Waals surface area contributed by atoms with Crippen LogP contribution in [0.15, 0.2) is 24.3 Å². The van der Waals surface area contributed by atoms with Crippen LogP contribution in [0.3, 0.4) is 0 Å². The summed E-state index contributed by atoms with van der Waals surface area (Å²) in [6, 6.07) is 6.35. The molecule has 0 radical (unpaired) electrons. The van der Waals surface area contributed by atoms with Gasteiger partial charge in [-0.2, -0.15) is 0 Å². The van der Waals surface area contributed by atoms with E-state index in [1.54, 1.807) is 38.1 Å². The van der Waals surface area contributed by atoms with Crippen LogP contribution in [0.2, 0.25) is 5.02 Å². The number of carbonyl (C=O) groups is 2. The number of nitrogens with zero attached hydrogens (tertiary/aromatic N) is 1. The lowest BCUT2D eigenvalue weighted by atomic mass is 9.88. The molecule has 4 nitrogen and oxygen atoms in total. The quantitative estimate of drug-likeness (QED) is 0.924. The van der Waals surface area contributed by atoms with Crippen molar-refractivity contribution in [3.05, 3.63) is 34.9 Å². The Balaban J connectivity index is 3.47. The van der Waals surface area contributed by atoms with Crippen LogP contribution in [0.25, 0.3) is 0 Å². The molecule has 0 spiro atoms. The van der Waals surface area contributed by atoms with E-state index in [0.717, 1.165) is 0 Å². The second kappa shape index (κ2) is 5.61. The number of hydrogen-bond acceptors (Lipinski definition) is 2. The van der Waals surface area contributed by atoms with Crippen LogP contribution in [0.4, 0.5) is 0 Å². The lowest BCUT2D eigenvalue weighted by Crippen LogP contribution is -2.55. The van der Waals surface area contributed by atoms with Gasteiger partial charge in [-0.3, -0.25) is 4.79 Å². The van der Waals surface area contributed by atoms with E-state index in [0.29, 0.717) is 10.6 Å². The van der Waals surface area contributed by atoms with E-state index in [1.807, 2.05) is 0 Å². The fourth-order valence-electron chi connectivity index (χ4n) is 2.35. The highest BCUT2D eigenvalue weighted by molar-refractivity contribution is 6.30. The standard InChI is InChI=1S/C14H18ClNO3/c1-9(2)16(10(3)17)14(4,13(18)19)11-6-5-7-12(15)8-11/h5-9H,1-4H3,(H,18,19). The van der Waals surface area contributed by atoms with Crippen LogP contribution in [-0.2, 0) is 15.1 Å². The molecular weight excluding hydrogens is 266 g/mol. The number of rotatable bonds is 4. The highest BCUT2D eigenvalue weighted by atomic mass is 35.5. The molecule has 0 fully saturated rings. The fourth-order valence-corrected chi connectivity index (χ4v) is 2.54. The maximum absolute atomic E-state index is 11.8. The molecule has 5 heteroatoms. The van der Waals surface area contributed by atoms with E-state index in [-0.39, 0.29) is 11.9 Å². The average Bonchev–Trinajstić information content (AvgIpc) is 2.27. The molecule has 104 valence electrons. The summed E-state index contributed by atoms with van der Waals surface area (Å²) in [6.45, 7) is 6.45. The number of aliphatic carboxylic acids is 1. The van der Waals surface area contributed by atoms with Gasteiger partial charge in [-0.05, 0) is 38.5 Å². The van der Waals surface area contributed by atoms with Gasteiger partial charge in [0.2, 0.25) is 5.91 Å². The number of carboxylic acid groups (broad SMARTS) is 1. The van der Waals surface area contributed by atoms with Gasteiger partial charge in [0.1, 0.15) is 0 Å². The van der Waals surface area contributed by atoms with Gasteiger partial charge in [0.15, 0.2) is 5.54 Å². The molecular formula is C14H18ClNO3. The van der Waals surface area contributed by atoms with Crippen molar-refractivity contribution in [3.8, 4) is 0 Å². The number of carboxylic acids is 1. The Morgan fingerprint density at radius 2 is 1.95 bits per heavy atom. The summed E-state index contributed by atoms with van der Waals surface area (Å²) >= 11 is 5.92. The van der Waals surface area contributed by atoms with Crippen molar-refractivity contribution in [2.75, 3.05) is 0 Å². The molecule has 0 saturated carbocycles. The third kappa shape index (κ3) is 2.89. The predicted octanol–water partition coefficient (Wildman–Crippen LogP) is 2.90. The summed E-state index contributed by atoms with van der Waals surface area (Å²) in [5.74, 6) is -1.38. The molecule has 0 saturated heterocycles. The monoisotopic (exact) mass is 283 g/mol. The first-order chi connectivity index (χ1) is 8.71. The van der Waals surface area contributed by atoms with Crippen LogP contribution in [0.5, 0.6) is 0 Å². The molecule has 19 heavy (non-hydrogen) atoms. The van der Waals surface area contributed by atoms with E-state index in [2.05, 4.69) is 0 Å². The minimum Gasteiger partial charge on any atom is -0.479 e. The Bertz CT molecular complexity index is 501. The van der Waals surface area contributed by atoms with Gasteiger partial charge in [-0.15, -0.1) is 0 Å². The van der Waals surface area contributed by atoms with Crippen molar-refractivity contribution >= 4 is 23.5 Å². The number of halogens is 1. The van der Waals surface area contributed by atoms with Crippen molar-refractivity contribution in [3.63, 3.8) is 0 Å². The summed E-state index contributed by atoms with van der Waals surface area (Å²) in [7, 11) is 0. The molecule has 1 unspecified atom stereocenters. The summed E-state index contributed by atoms with van der Waals surface area (Å²) in [4.78, 5) is 24.9. The van der Waals surface area contributed by atoms with Gasteiger partial charge in [0, 0.05) is 18.0 Å². The number of benzene rings is 1. The normalized spacial score (nSPS) is 14.0. The third-order valence-corrected chi connectivity index (χ3v) is 3.38. The van der Waals surface area contributed by atoms with E-state index in [1.165, 1.54) is 18.7 Å². The minimum absolute atomic E-state index is 0.238. The fraction of sp³-hybridized carbons (Fsp3) is 0.429. The van der Waals surface area contributed by atoms with Gasteiger partial charge in [0.05, 0.1) is 0 Å². The molecule has 0 aliphatic carbocycles. The second-order valence-corrected chi connectivity index (χ2v) is 5.31. The first-order valence-corrected chi connectivity index (χ1v) is 6.38. The third-order valence-electron chi connectivity index (χ3n) is 3.14. The van der Waals surface area contributed by atoms with Crippen LogP contribution in [-0.4, -0.2) is 27.9 Å². The van der Waals surface area contributed by atoms with E-state index in [4.69, 9.17) is 11.6 Å². The zero-order valence-electron chi connectivity index (χ0n) is 11.5. The summed E-state index contributed by atoms with van der Waals surface area (Å²) in [5.41, 5.74) is -0.957. The number of carbonyl (C=O) groups excluding carboxylic acids is 1. The second-order valence-electron chi connectivity index (χ2n) is 4.87. The molecule has 0 aliphatic rings. The highest BCUT2D eigenvalue weighted by Gasteiger charge is 2.44. The zero-order valence-corrected chi connectivity index (χ0v) is 12.2. The van der Waals surface area contributed by atoms with Crippen LogP contribution < -0.4 is 0 Å². The summed E-state index contributed by atoms with van der Waals surface area (Å²) in [6.07, 6.45) is 0. The van der Waals surface area contributed by atoms with E-state index in [9.17, 15) is 14.7 Å². The lowest BCUT2D eigenvalue weighted by molar-refractivity contribution is -0.160. The number of hydrogen-bond donors (Lipinski definition) is 1. The van der Waals surface area contributed by atoms with Gasteiger partial charge >= 0.3 is 5.97 Å². The van der Waals surface area contributed by atoms with Gasteiger partial charge in [0.25, 0.3) is 0 Å². The van der Waals surface area contributed by atoms with Crippen molar-refractivity contribution in [2.24, 2.45) is 0 Å². The lowest BCUT2D eigenvalue weighted by Gasteiger charge is -2.40. The molecule has 0 bridgehead atoms. The maximum atomic E-state index is 11.8.